The minimum atomic E-state index is -3.41. The van der Waals surface area contributed by atoms with Crippen LogP contribution in [0.15, 0.2) is 54.6 Å². The van der Waals surface area contributed by atoms with Gasteiger partial charge in [0.15, 0.2) is 0 Å². The van der Waals surface area contributed by atoms with Crippen molar-refractivity contribution in [1.82, 2.24) is 0 Å². The molecule has 112 valence electrons. The number of carbonyl (C=O) groups excluding carboxylic acids is 1. The van der Waals surface area contributed by atoms with Crippen molar-refractivity contribution >= 4 is 43.3 Å². The molecule has 0 amide bonds. The molecule has 0 aromatic heterocycles. The molecule has 0 N–H and O–H groups in total. The third kappa shape index (κ3) is 4.63. The fraction of sp³-hybridized carbons (Fsp3) is 0.188. The SMILES string of the molecule is CCOc1ccc([Te](Cl)(Cl)CC(=O)c2ccccc2)cc1. The number of halogens is 2. The zero-order valence-electron chi connectivity index (χ0n) is 11.6. The molecular weight excluding hydrogens is 423 g/mol. The summed E-state index contributed by atoms with van der Waals surface area (Å²) in [5.41, 5.74) is 0.653. The van der Waals surface area contributed by atoms with E-state index < -0.39 is 15.9 Å². The second-order valence-electron chi connectivity index (χ2n) is 4.41. The van der Waals surface area contributed by atoms with Gasteiger partial charge < -0.3 is 0 Å². The molecule has 0 spiro atoms. The van der Waals surface area contributed by atoms with Crippen LogP contribution in [0.25, 0.3) is 0 Å². The van der Waals surface area contributed by atoms with E-state index in [-0.39, 0.29) is 10.3 Å². The summed E-state index contributed by atoms with van der Waals surface area (Å²) in [5, 5.41) is 0. The number of Topliss-reactive ketones (excluding diaryl/α,β-unsaturated/α-hetero) is 1. The first-order chi connectivity index (χ1) is 10.0. The van der Waals surface area contributed by atoms with Crippen LogP contribution in [0.3, 0.4) is 0 Å². The molecule has 2 aromatic rings. The summed E-state index contributed by atoms with van der Waals surface area (Å²) in [6.07, 6.45) is 0. The Balaban J connectivity index is 2.12. The van der Waals surface area contributed by atoms with Crippen molar-refractivity contribution in [3.63, 3.8) is 0 Å². The second-order valence-corrected chi connectivity index (χ2v) is 18.0. The zero-order valence-corrected chi connectivity index (χ0v) is 15.4. The van der Waals surface area contributed by atoms with Crippen LogP contribution in [0, 0.1) is 0 Å². The molecule has 2 rings (SSSR count). The van der Waals surface area contributed by atoms with Crippen molar-refractivity contribution in [2.45, 2.75) is 11.4 Å². The van der Waals surface area contributed by atoms with Crippen LogP contribution in [0.2, 0.25) is 4.47 Å². The predicted octanol–water partition coefficient (Wildman–Crippen LogP) is 4.10. The molecule has 2 aromatic carbocycles. The zero-order chi connectivity index (χ0) is 15.3. The van der Waals surface area contributed by atoms with Gasteiger partial charge in [-0.3, -0.25) is 0 Å². The molecule has 2 nitrogen and oxygen atoms in total. The van der Waals surface area contributed by atoms with E-state index in [1.54, 1.807) is 12.1 Å². The van der Waals surface area contributed by atoms with Crippen molar-refractivity contribution in [3.05, 3.63) is 60.2 Å². The van der Waals surface area contributed by atoms with E-state index in [0.29, 0.717) is 12.2 Å². The molecular formula is C16H16Cl2O2Te. The summed E-state index contributed by atoms with van der Waals surface area (Å²) in [6, 6.07) is 16.5. The Bertz CT molecular complexity index is 597. The van der Waals surface area contributed by atoms with Gasteiger partial charge in [-0.2, -0.15) is 0 Å². The Morgan fingerprint density at radius 3 is 2.24 bits per heavy atom. The van der Waals surface area contributed by atoms with Gasteiger partial charge in [0.1, 0.15) is 0 Å². The molecule has 0 saturated heterocycles. The fourth-order valence-electron chi connectivity index (χ4n) is 1.86. The van der Waals surface area contributed by atoms with Crippen molar-refractivity contribution in [2.75, 3.05) is 6.61 Å². The maximum absolute atomic E-state index is 12.3. The normalized spacial score (nSPS) is 12.0. The molecule has 0 saturated carbocycles. The van der Waals surface area contributed by atoms with E-state index in [9.17, 15) is 4.79 Å². The molecule has 0 aliphatic carbocycles. The second kappa shape index (κ2) is 7.51. The van der Waals surface area contributed by atoms with Crippen LogP contribution in [-0.4, -0.2) is 28.3 Å². The number of benzene rings is 2. The van der Waals surface area contributed by atoms with E-state index in [4.69, 9.17) is 22.7 Å². The minimum absolute atomic E-state index is 0.00400. The standard InChI is InChI=1S/C16H16Cl2O2Te/c1-2-20-14-8-10-15(11-9-14)21(17,18)12-16(19)13-6-4-3-5-7-13/h3-11H,2,12H2,1H3. The number of hydrogen-bond donors (Lipinski definition) is 0. The summed E-state index contributed by atoms with van der Waals surface area (Å²) in [5.74, 6) is 0.776. The molecule has 0 heterocycles. The van der Waals surface area contributed by atoms with Crippen LogP contribution in [0.1, 0.15) is 17.3 Å². The van der Waals surface area contributed by atoms with Crippen LogP contribution in [0.5, 0.6) is 5.75 Å². The summed E-state index contributed by atoms with van der Waals surface area (Å²) in [6.45, 7) is 2.54. The van der Waals surface area contributed by atoms with Crippen LogP contribution in [-0.2, 0) is 0 Å². The number of ether oxygens (including phenoxy) is 1. The summed E-state index contributed by atoms with van der Waals surface area (Å²) in [7, 11) is 13.1. The van der Waals surface area contributed by atoms with E-state index in [0.717, 1.165) is 9.36 Å². The average Bonchev–Trinajstić information content (AvgIpc) is 2.48. The molecule has 5 heteroatoms. The fourth-order valence-corrected chi connectivity index (χ4v) is 7.98. The summed E-state index contributed by atoms with van der Waals surface area (Å²) < 4.78 is 6.47. The van der Waals surface area contributed by atoms with E-state index in [1.165, 1.54) is 0 Å². The quantitative estimate of drug-likeness (QED) is 0.501. The Morgan fingerprint density at radius 1 is 1.05 bits per heavy atom. The van der Waals surface area contributed by atoms with Gasteiger partial charge in [-0.25, -0.2) is 0 Å². The van der Waals surface area contributed by atoms with Crippen LogP contribution < -0.4 is 8.35 Å². The Morgan fingerprint density at radius 2 is 1.67 bits per heavy atom. The van der Waals surface area contributed by atoms with Gasteiger partial charge in [-0.15, -0.1) is 0 Å². The topological polar surface area (TPSA) is 26.3 Å². The Labute approximate surface area is 136 Å². The van der Waals surface area contributed by atoms with Crippen molar-refractivity contribution in [3.8, 4) is 5.75 Å². The third-order valence-electron chi connectivity index (χ3n) is 2.89. The summed E-state index contributed by atoms with van der Waals surface area (Å²) >= 11 is -3.41. The molecule has 21 heavy (non-hydrogen) atoms. The molecule has 0 bridgehead atoms. The van der Waals surface area contributed by atoms with Gasteiger partial charge in [0, 0.05) is 0 Å². The van der Waals surface area contributed by atoms with Crippen molar-refractivity contribution in [1.29, 1.82) is 0 Å². The Kier molecular flexibility index (Phi) is 5.96. The monoisotopic (exact) mass is 440 g/mol. The van der Waals surface area contributed by atoms with Gasteiger partial charge >= 0.3 is 137 Å². The van der Waals surface area contributed by atoms with Gasteiger partial charge in [-0.1, -0.05) is 0 Å². The van der Waals surface area contributed by atoms with Gasteiger partial charge in [0.05, 0.1) is 0 Å². The third-order valence-corrected chi connectivity index (χ3v) is 11.3. The first-order valence-corrected chi connectivity index (χ1v) is 15.3. The summed E-state index contributed by atoms with van der Waals surface area (Å²) in [4.78, 5) is 12.3. The average molecular weight is 439 g/mol. The van der Waals surface area contributed by atoms with Crippen molar-refractivity contribution < 1.29 is 9.53 Å². The van der Waals surface area contributed by atoms with E-state index in [2.05, 4.69) is 0 Å². The first kappa shape index (κ1) is 16.6. The molecule has 0 unspecified atom stereocenters. The van der Waals surface area contributed by atoms with Gasteiger partial charge in [-0.05, 0) is 0 Å². The molecule has 0 radical (unpaired) electrons. The van der Waals surface area contributed by atoms with E-state index in [1.807, 2.05) is 49.4 Å². The van der Waals surface area contributed by atoms with Gasteiger partial charge in [0.2, 0.25) is 0 Å². The molecule has 0 aliphatic heterocycles. The number of carbonyl (C=O) groups is 1. The molecule has 0 aliphatic rings. The van der Waals surface area contributed by atoms with Crippen LogP contribution in [0.4, 0.5) is 0 Å². The van der Waals surface area contributed by atoms with Crippen LogP contribution >= 0.6 is 17.9 Å². The maximum atomic E-state index is 12.3. The number of ketones is 1. The predicted molar refractivity (Wildman–Crippen MR) is 90.3 cm³/mol. The number of rotatable bonds is 6. The number of hydrogen-bond acceptors (Lipinski definition) is 2. The molecule has 0 atom stereocenters. The Hall–Kier alpha value is -0.720. The molecule has 0 fully saturated rings. The van der Waals surface area contributed by atoms with E-state index >= 15 is 0 Å². The first-order valence-electron chi connectivity index (χ1n) is 6.54. The van der Waals surface area contributed by atoms with Gasteiger partial charge in [0.25, 0.3) is 0 Å². The van der Waals surface area contributed by atoms with Crippen molar-refractivity contribution in [2.24, 2.45) is 0 Å².